The fourth-order valence-electron chi connectivity index (χ4n) is 0.688. The quantitative estimate of drug-likeness (QED) is 0.462. The standard InChI is InChI=1S/C9H14O/c1-3-6-9(2)7-4-5-8-10/h1,4-5,9-10H,6-8H2,2H3/b5-4+. The first-order chi connectivity index (χ1) is 4.81. The summed E-state index contributed by atoms with van der Waals surface area (Å²) in [5.41, 5.74) is 0. The number of allylic oxidation sites excluding steroid dienone is 1. The molecular formula is C9H14O. The summed E-state index contributed by atoms with van der Waals surface area (Å²) in [4.78, 5) is 0. The molecule has 0 aromatic rings. The van der Waals surface area contributed by atoms with Crippen molar-refractivity contribution in [2.24, 2.45) is 5.92 Å². The molecule has 0 heterocycles. The summed E-state index contributed by atoms with van der Waals surface area (Å²) in [7, 11) is 0. The van der Waals surface area contributed by atoms with Crippen LogP contribution in [0.2, 0.25) is 0 Å². The molecule has 0 spiro atoms. The van der Waals surface area contributed by atoms with Crippen LogP contribution in [0.4, 0.5) is 0 Å². The van der Waals surface area contributed by atoms with E-state index >= 15 is 0 Å². The molecule has 0 radical (unpaired) electrons. The molecule has 0 rings (SSSR count). The number of hydrogen-bond acceptors (Lipinski definition) is 1. The summed E-state index contributed by atoms with van der Waals surface area (Å²) >= 11 is 0. The maximum atomic E-state index is 8.38. The first-order valence-corrected chi connectivity index (χ1v) is 3.50. The van der Waals surface area contributed by atoms with Crippen molar-refractivity contribution in [1.29, 1.82) is 0 Å². The number of rotatable bonds is 4. The summed E-state index contributed by atoms with van der Waals surface area (Å²) in [5.74, 6) is 3.13. The van der Waals surface area contributed by atoms with Gasteiger partial charge >= 0.3 is 0 Å². The molecule has 1 N–H and O–H groups in total. The second kappa shape index (κ2) is 6.38. The highest BCUT2D eigenvalue weighted by Gasteiger charge is 1.94. The van der Waals surface area contributed by atoms with Crippen LogP contribution in [0.5, 0.6) is 0 Å². The van der Waals surface area contributed by atoms with Crippen molar-refractivity contribution in [2.45, 2.75) is 19.8 Å². The summed E-state index contributed by atoms with van der Waals surface area (Å²) in [5, 5.41) is 8.38. The zero-order valence-corrected chi connectivity index (χ0v) is 6.38. The molecule has 0 aromatic heterocycles. The van der Waals surface area contributed by atoms with Gasteiger partial charge in [-0.05, 0) is 12.3 Å². The first kappa shape index (κ1) is 9.26. The highest BCUT2D eigenvalue weighted by molar-refractivity contribution is 4.89. The van der Waals surface area contributed by atoms with E-state index in [0.29, 0.717) is 5.92 Å². The third-order valence-corrected chi connectivity index (χ3v) is 1.28. The Morgan fingerprint density at radius 1 is 1.60 bits per heavy atom. The molecule has 1 nitrogen and oxygen atoms in total. The van der Waals surface area contributed by atoms with Crippen LogP contribution >= 0.6 is 0 Å². The van der Waals surface area contributed by atoms with Crippen molar-refractivity contribution in [2.75, 3.05) is 6.61 Å². The summed E-state index contributed by atoms with van der Waals surface area (Å²) in [6, 6.07) is 0. The molecule has 56 valence electrons. The van der Waals surface area contributed by atoms with Gasteiger partial charge in [0.05, 0.1) is 6.61 Å². The van der Waals surface area contributed by atoms with Gasteiger partial charge in [-0.15, -0.1) is 12.3 Å². The molecule has 0 saturated carbocycles. The highest BCUT2D eigenvalue weighted by atomic mass is 16.2. The van der Waals surface area contributed by atoms with Crippen LogP contribution in [0.1, 0.15) is 19.8 Å². The molecule has 1 heteroatoms. The molecule has 0 aromatic carbocycles. The van der Waals surface area contributed by atoms with Crippen LogP contribution in [0.3, 0.4) is 0 Å². The van der Waals surface area contributed by atoms with Gasteiger partial charge in [0.1, 0.15) is 0 Å². The Hall–Kier alpha value is -0.740. The number of aliphatic hydroxyl groups excluding tert-OH is 1. The number of hydrogen-bond donors (Lipinski definition) is 1. The van der Waals surface area contributed by atoms with Crippen molar-refractivity contribution in [1.82, 2.24) is 0 Å². The van der Waals surface area contributed by atoms with Gasteiger partial charge in [0.15, 0.2) is 0 Å². The lowest BCUT2D eigenvalue weighted by molar-refractivity contribution is 0.342. The van der Waals surface area contributed by atoms with E-state index in [1.807, 2.05) is 6.08 Å². The molecule has 0 bridgehead atoms. The van der Waals surface area contributed by atoms with Crippen molar-refractivity contribution in [3.05, 3.63) is 12.2 Å². The Morgan fingerprint density at radius 2 is 2.30 bits per heavy atom. The van der Waals surface area contributed by atoms with Crippen LogP contribution in [-0.2, 0) is 0 Å². The largest absolute Gasteiger partial charge is 0.392 e. The second-order valence-electron chi connectivity index (χ2n) is 2.40. The van der Waals surface area contributed by atoms with E-state index in [1.54, 1.807) is 6.08 Å². The number of aliphatic hydroxyl groups is 1. The minimum Gasteiger partial charge on any atom is -0.392 e. The lowest BCUT2D eigenvalue weighted by Gasteiger charge is -2.00. The lowest BCUT2D eigenvalue weighted by Crippen LogP contribution is -1.89. The van der Waals surface area contributed by atoms with Crippen molar-refractivity contribution in [3.63, 3.8) is 0 Å². The second-order valence-corrected chi connectivity index (χ2v) is 2.40. The van der Waals surface area contributed by atoms with Crippen LogP contribution in [-0.4, -0.2) is 11.7 Å². The van der Waals surface area contributed by atoms with Gasteiger partial charge in [-0.25, -0.2) is 0 Å². The van der Waals surface area contributed by atoms with Gasteiger partial charge in [0, 0.05) is 6.42 Å². The molecular weight excluding hydrogens is 124 g/mol. The summed E-state index contributed by atoms with van der Waals surface area (Å²) in [6.45, 7) is 2.23. The van der Waals surface area contributed by atoms with Gasteiger partial charge in [-0.1, -0.05) is 19.1 Å². The fourth-order valence-corrected chi connectivity index (χ4v) is 0.688. The van der Waals surface area contributed by atoms with Crippen LogP contribution in [0.15, 0.2) is 12.2 Å². The predicted molar refractivity (Wildman–Crippen MR) is 43.5 cm³/mol. The summed E-state index contributed by atoms with van der Waals surface area (Å²) < 4.78 is 0. The Balaban J connectivity index is 3.31. The van der Waals surface area contributed by atoms with Crippen molar-refractivity contribution < 1.29 is 5.11 Å². The predicted octanol–water partition coefficient (Wildman–Crippen LogP) is 1.58. The highest BCUT2D eigenvalue weighted by Crippen LogP contribution is 2.05. The van der Waals surface area contributed by atoms with Crippen molar-refractivity contribution in [3.8, 4) is 12.3 Å². The average Bonchev–Trinajstić information content (AvgIpc) is 1.89. The lowest BCUT2D eigenvalue weighted by atomic mass is 10.0. The molecule has 0 aliphatic heterocycles. The zero-order valence-electron chi connectivity index (χ0n) is 6.38. The van der Waals surface area contributed by atoms with E-state index in [1.165, 1.54) is 0 Å². The van der Waals surface area contributed by atoms with Crippen molar-refractivity contribution >= 4 is 0 Å². The molecule has 10 heavy (non-hydrogen) atoms. The smallest absolute Gasteiger partial charge is 0.0612 e. The van der Waals surface area contributed by atoms with Gasteiger partial charge in [-0.3, -0.25) is 0 Å². The van der Waals surface area contributed by atoms with Gasteiger partial charge < -0.3 is 5.11 Å². The molecule has 0 amide bonds. The van der Waals surface area contributed by atoms with E-state index in [9.17, 15) is 0 Å². The topological polar surface area (TPSA) is 20.2 Å². The molecule has 0 aliphatic carbocycles. The molecule has 0 saturated heterocycles. The summed E-state index contributed by atoms with van der Waals surface area (Å²) in [6.07, 6.45) is 10.6. The van der Waals surface area contributed by atoms with Gasteiger partial charge in [0.2, 0.25) is 0 Å². The Kier molecular flexibility index (Phi) is 5.91. The Bertz CT molecular complexity index is 130. The average molecular weight is 138 g/mol. The first-order valence-electron chi connectivity index (χ1n) is 3.50. The monoisotopic (exact) mass is 138 g/mol. The fraction of sp³-hybridized carbons (Fsp3) is 0.556. The molecule has 1 unspecified atom stereocenters. The Morgan fingerprint density at radius 3 is 2.80 bits per heavy atom. The van der Waals surface area contributed by atoms with Crippen LogP contribution in [0, 0.1) is 18.3 Å². The van der Waals surface area contributed by atoms with Crippen LogP contribution in [0.25, 0.3) is 0 Å². The van der Waals surface area contributed by atoms with E-state index in [-0.39, 0.29) is 6.61 Å². The maximum absolute atomic E-state index is 8.38. The third kappa shape index (κ3) is 5.40. The van der Waals surface area contributed by atoms with E-state index in [2.05, 4.69) is 12.8 Å². The normalized spacial score (nSPS) is 13.3. The third-order valence-electron chi connectivity index (χ3n) is 1.28. The van der Waals surface area contributed by atoms with E-state index < -0.39 is 0 Å². The van der Waals surface area contributed by atoms with Gasteiger partial charge in [0.25, 0.3) is 0 Å². The number of terminal acetylenes is 1. The SMILES string of the molecule is C#CCC(C)C/C=C/CO. The minimum absolute atomic E-state index is 0.128. The van der Waals surface area contributed by atoms with Crippen LogP contribution < -0.4 is 0 Å². The Labute approximate surface area is 62.8 Å². The zero-order chi connectivity index (χ0) is 7.82. The maximum Gasteiger partial charge on any atom is 0.0612 e. The minimum atomic E-state index is 0.128. The van der Waals surface area contributed by atoms with E-state index in [4.69, 9.17) is 11.5 Å². The van der Waals surface area contributed by atoms with Gasteiger partial charge in [-0.2, -0.15) is 0 Å². The molecule has 0 fully saturated rings. The molecule has 0 aliphatic rings. The molecule has 1 atom stereocenters. The van der Waals surface area contributed by atoms with E-state index in [0.717, 1.165) is 12.8 Å².